The van der Waals surface area contributed by atoms with Crippen molar-refractivity contribution in [2.75, 3.05) is 27.7 Å². The van der Waals surface area contributed by atoms with Gasteiger partial charge in [-0.1, -0.05) is 37.6 Å². The Labute approximate surface area is 131 Å². The number of fused-ring (bicyclic) bond motifs is 1. The van der Waals surface area contributed by atoms with Gasteiger partial charge < -0.3 is 9.47 Å². The SMILES string of the molecule is C=CC.CCCCC[N+](C)(C)C.c1ccc2[nH]ccc2c1. The molecule has 2 heteroatoms. The first-order chi connectivity index (χ1) is 9.94. The van der Waals surface area contributed by atoms with Crippen LogP contribution in [0.1, 0.15) is 33.1 Å². The summed E-state index contributed by atoms with van der Waals surface area (Å²) < 4.78 is 1.11. The number of aromatic nitrogens is 1. The number of aromatic amines is 1. The molecule has 0 unspecified atom stereocenters. The van der Waals surface area contributed by atoms with Crippen molar-refractivity contribution in [2.24, 2.45) is 0 Å². The van der Waals surface area contributed by atoms with E-state index < -0.39 is 0 Å². The number of unbranched alkanes of at least 4 members (excludes halogenated alkanes) is 2. The number of H-pyrrole nitrogens is 1. The molecule has 0 amide bonds. The zero-order chi connectivity index (χ0) is 16.1. The van der Waals surface area contributed by atoms with E-state index in [1.165, 1.54) is 36.7 Å². The lowest BCUT2D eigenvalue weighted by atomic mass is 10.2. The van der Waals surface area contributed by atoms with Crippen molar-refractivity contribution in [3.63, 3.8) is 0 Å². The molecule has 0 aliphatic heterocycles. The Morgan fingerprint density at radius 1 is 1.10 bits per heavy atom. The van der Waals surface area contributed by atoms with E-state index >= 15 is 0 Å². The van der Waals surface area contributed by atoms with Crippen LogP contribution < -0.4 is 0 Å². The average Bonchev–Trinajstić information content (AvgIpc) is 2.87. The van der Waals surface area contributed by atoms with E-state index in [4.69, 9.17) is 0 Å². The van der Waals surface area contributed by atoms with Gasteiger partial charge in [0.05, 0.1) is 27.7 Å². The molecule has 0 atom stereocenters. The maximum absolute atomic E-state index is 3.36. The number of para-hydroxylation sites is 1. The molecule has 0 spiro atoms. The maximum Gasteiger partial charge on any atom is 0.0780 e. The topological polar surface area (TPSA) is 15.8 Å². The molecule has 1 aromatic carbocycles. The van der Waals surface area contributed by atoms with Crippen molar-refractivity contribution >= 4 is 10.9 Å². The quantitative estimate of drug-likeness (QED) is 0.450. The van der Waals surface area contributed by atoms with E-state index in [0.717, 1.165) is 4.48 Å². The van der Waals surface area contributed by atoms with Gasteiger partial charge in [-0.2, -0.15) is 0 Å². The Morgan fingerprint density at radius 3 is 2.24 bits per heavy atom. The Bertz CT molecular complexity index is 447. The molecule has 2 rings (SSSR count). The second-order valence-corrected chi connectivity index (χ2v) is 6.19. The number of quaternary nitrogens is 1. The van der Waals surface area contributed by atoms with Crippen LogP contribution in [0.2, 0.25) is 0 Å². The van der Waals surface area contributed by atoms with Crippen molar-refractivity contribution in [1.82, 2.24) is 4.98 Å². The summed E-state index contributed by atoms with van der Waals surface area (Å²) in [6, 6.07) is 10.3. The van der Waals surface area contributed by atoms with Gasteiger partial charge in [-0.05, 0) is 37.3 Å². The average molecular weight is 289 g/mol. The lowest BCUT2D eigenvalue weighted by molar-refractivity contribution is -0.870. The van der Waals surface area contributed by atoms with Crippen molar-refractivity contribution in [3.8, 4) is 0 Å². The standard InChI is InChI=1S/C8H7N.C8H20N.C3H6/c1-2-4-8-7(3-1)5-6-9-8;1-5-6-7-8-9(2,3)4;1-3-2/h1-6,9H;5-8H2,1-4H3;3H,1H2,2H3/q;+1;. The van der Waals surface area contributed by atoms with Gasteiger partial charge in [0.15, 0.2) is 0 Å². The van der Waals surface area contributed by atoms with Gasteiger partial charge in [0, 0.05) is 11.7 Å². The second kappa shape index (κ2) is 11.2. The third kappa shape index (κ3) is 10.9. The van der Waals surface area contributed by atoms with Crippen molar-refractivity contribution in [1.29, 1.82) is 0 Å². The minimum atomic E-state index is 1.11. The molecule has 21 heavy (non-hydrogen) atoms. The van der Waals surface area contributed by atoms with E-state index in [1.807, 2.05) is 25.3 Å². The fraction of sp³-hybridized carbons (Fsp3) is 0.474. The molecule has 0 bridgehead atoms. The molecule has 0 aliphatic carbocycles. The Balaban J connectivity index is 0.000000322. The van der Waals surface area contributed by atoms with Gasteiger partial charge >= 0.3 is 0 Å². The number of nitrogens with one attached hydrogen (secondary N) is 1. The first-order valence-electron chi connectivity index (χ1n) is 7.84. The monoisotopic (exact) mass is 289 g/mol. The zero-order valence-electron chi connectivity index (χ0n) is 14.5. The summed E-state index contributed by atoms with van der Waals surface area (Å²) in [5, 5.41) is 1.28. The lowest BCUT2D eigenvalue weighted by Crippen LogP contribution is -2.35. The summed E-state index contributed by atoms with van der Waals surface area (Å²) in [6.07, 6.45) is 7.79. The number of allylic oxidation sites excluding steroid dienone is 1. The minimum Gasteiger partial charge on any atom is -0.361 e. The molecule has 0 saturated carbocycles. The van der Waals surface area contributed by atoms with Crippen LogP contribution >= 0.6 is 0 Å². The third-order valence-electron chi connectivity index (χ3n) is 2.90. The predicted molar refractivity (Wildman–Crippen MR) is 96.6 cm³/mol. The van der Waals surface area contributed by atoms with Crippen LogP contribution in [-0.2, 0) is 0 Å². The minimum absolute atomic E-state index is 1.11. The normalized spacial score (nSPS) is 10.1. The van der Waals surface area contributed by atoms with Crippen LogP contribution in [0.3, 0.4) is 0 Å². The van der Waals surface area contributed by atoms with Gasteiger partial charge in [-0.15, -0.1) is 6.58 Å². The van der Waals surface area contributed by atoms with Crippen molar-refractivity contribution in [2.45, 2.75) is 33.1 Å². The van der Waals surface area contributed by atoms with Gasteiger partial charge in [-0.3, -0.25) is 0 Å². The number of hydrogen-bond donors (Lipinski definition) is 1. The molecule has 2 aromatic rings. The van der Waals surface area contributed by atoms with Crippen LogP contribution in [0.15, 0.2) is 49.2 Å². The summed E-state index contributed by atoms with van der Waals surface area (Å²) >= 11 is 0. The molecule has 2 nitrogen and oxygen atoms in total. The molecular weight excluding hydrogens is 256 g/mol. The van der Waals surface area contributed by atoms with E-state index in [1.54, 1.807) is 6.08 Å². The first-order valence-corrected chi connectivity index (χ1v) is 7.84. The van der Waals surface area contributed by atoms with Crippen LogP contribution in [0, 0.1) is 0 Å². The van der Waals surface area contributed by atoms with E-state index in [9.17, 15) is 0 Å². The smallest absolute Gasteiger partial charge is 0.0780 e. The predicted octanol–water partition coefficient (Wildman–Crippen LogP) is 5.24. The highest BCUT2D eigenvalue weighted by Crippen LogP contribution is 2.09. The highest BCUT2D eigenvalue weighted by Gasteiger charge is 2.03. The van der Waals surface area contributed by atoms with E-state index in [-0.39, 0.29) is 0 Å². The number of rotatable bonds is 4. The fourth-order valence-corrected chi connectivity index (χ4v) is 1.83. The molecule has 1 heterocycles. The summed E-state index contributed by atoms with van der Waals surface area (Å²) in [5.74, 6) is 0. The highest BCUT2D eigenvalue weighted by atomic mass is 15.3. The lowest BCUT2D eigenvalue weighted by Gasteiger charge is -2.23. The van der Waals surface area contributed by atoms with Crippen molar-refractivity contribution in [3.05, 3.63) is 49.2 Å². The van der Waals surface area contributed by atoms with Crippen LogP contribution in [0.5, 0.6) is 0 Å². The fourth-order valence-electron chi connectivity index (χ4n) is 1.83. The molecule has 118 valence electrons. The molecule has 0 saturated heterocycles. The van der Waals surface area contributed by atoms with Crippen LogP contribution in [0.4, 0.5) is 0 Å². The molecule has 1 N–H and O–H groups in total. The van der Waals surface area contributed by atoms with Crippen LogP contribution in [0.25, 0.3) is 10.9 Å². The van der Waals surface area contributed by atoms with Gasteiger partial charge in [0.25, 0.3) is 0 Å². The first kappa shape index (κ1) is 19.5. The van der Waals surface area contributed by atoms with E-state index in [2.05, 4.69) is 57.8 Å². The Hall–Kier alpha value is -1.54. The number of nitrogens with zero attached hydrogens (tertiary/aromatic N) is 1. The van der Waals surface area contributed by atoms with Crippen LogP contribution in [-0.4, -0.2) is 37.2 Å². The van der Waals surface area contributed by atoms with Crippen molar-refractivity contribution < 1.29 is 4.48 Å². The van der Waals surface area contributed by atoms with Gasteiger partial charge in [-0.25, -0.2) is 0 Å². The largest absolute Gasteiger partial charge is 0.361 e. The third-order valence-corrected chi connectivity index (χ3v) is 2.90. The number of hydrogen-bond acceptors (Lipinski definition) is 0. The Morgan fingerprint density at radius 2 is 1.71 bits per heavy atom. The summed E-state index contributed by atoms with van der Waals surface area (Å²) in [7, 11) is 6.74. The molecule has 0 aliphatic rings. The molecular formula is C19H33N2+. The van der Waals surface area contributed by atoms with E-state index in [0.29, 0.717) is 0 Å². The Kier molecular flexibility index (Phi) is 10.3. The summed E-state index contributed by atoms with van der Waals surface area (Å²) in [5.41, 5.74) is 1.21. The molecule has 0 radical (unpaired) electrons. The summed E-state index contributed by atoms with van der Waals surface area (Å²) in [4.78, 5) is 3.12. The summed E-state index contributed by atoms with van der Waals surface area (Å²) in [6.45, 7) is 8.81. The molecule has 0 fully saturated rings. The zero-order valence-corrected chi connectivity index (χ0v) is 14.5. The number of benzene rings is 1. The van der Waals surface area contributed by atoms with Gasteiger partial charge in [0.2, 0.25) is 0 Å². The highest BCUT2D eigenvalue weighted by molar-refractivity contribution is 5.78. The molecule has 1 aromatic heterocycles. The van der Waals surface area contributed by atoms with Gasteiger partial charge in [0.1, 0.15) is 0 Å². The second-order valence-electron chi connectivity index (χ2n) is 6.19. The maximum atomic E-state index is 3.36.